The van der Waals surface area contributed by atoms with E-state index in [4.69, 9.17) is 4.42 Å². The Morgan fingerprint density at radius 3 is 2.56 bits per heavy atom. The summed E-state index contributed by atoms with van der Waals surface area (Å²) in [5.74, 6) is -1.58. The largest absolute Gasteiger partial charge is 0.422 e. The Morgan fingerprint density at radius 2 is 1.78 bits per heavy atom. The molecule has 6 rings (SSSR count). The number of anilines is 1. The highest BCUT2D eigenvalue weighted by Gasteiger charge is 2.36. The summed E-state index contributed by atoms with van der Waals surface area (Å²) >= 11 is 0. The first kappa shape index (κ1) is 22.3. The van der Waals surface area contributed by atoms with E-state index in [9.17, 15) is 19.2 Å². The molecule has 0 bridgehead atoms. The molecule has 3 aliphatic rings. The van der Waals surface area contributed by atoms with Gasteiger partial charge in [0.2, 0.25) is 0 Å². The maximum atomic E-state index is 13.2. The number of urea groups is 1. The van der Waals surface area contributed by atoms with E-state index in [0.29, 0.717) is 11.1 Å². The van der Waals surface area contributed by atoms with Gasteiger partial charge in [0.05, 0.1) is 12.1 Å². The smallest absolute Gasteiger partial charge is 0.343 e. The molecule has 0 spiro atoms. The molecule has 1 N–H and O–H groups in total. The molecule has 1 aromatic heterocycles. The van der Waals surface area contributed by atoms with Crippen molar-refractivity contribution >= 4 is 40.6 Å². The Labute approximate surface area is 207 Å². The van der Waals surface area contributed by atoms with Crippen molar-refractivity contribution in [3.05, 3.63) is 80.2 Å². The van der Waals surface area contributed by atoms with Crippen molar-refractivity contribution < 1.29 is 18.8 Å². The topological polar surface area (TPSA) is 99.9 Å². The molecular weight excluding hydrogens is 458 g/mol. The normalized spacial score (nSPS) is 18.6. The van der Waals surface area contributed by atoms with E-state index in [1.807, 2.05) is 13.0 Å². The van der Waals surface area contributed by atoms with Crippen molar-refractivity contribution in [1.82, 2.24) is 10.2 Å². The third-order valence-corrected chi connectivity index (χ3v) is 7.35. The Morgan fingerprint density at radius 1 is 1.03 bits per heavy atom. The minimum Gasteiger partial charge on any atom is -0.422 e. The lowest BCUT2D eigenvalue weighted by Crippen LogP contribution is -2.53. The second kappa shape index (κ2) is 8.48. The van der Waals surface area contributed by atoms with Crippen LogP contribution in [0, 0.1) is 6.92 Å². The fourth-order valence-corrected chi connectivity index (χ4v) is 5.59. The quantitative estimate of drug-likeness (QED) is 0.348. The van der Waals surface area contributed by atoms with E-state index >= 15 is 0 Å². The third-order valence-electron chi connectivity index (χ3n) is 7.35. The summed E-state index contributed by atoms with van der Waals surface area (Å²) in [5, 5.41) is 3.04. The van der Waals surface area contributed by atoms with E-state index in [0.717, 1.165) is 60.2 Å². The molecule has 36 heavy (non-hydrogen) atoms. The van der Waals surface area contributed by atoms with Crippen molar-refractivity contribution in [3.8, 4) is 0 Å². The lowest BCUT2D eigenvalue weighted by molar-refractivity contribution is -0.130. The number of amides is 4. The SMILES string of the molecule is Cc1c(C=C2C(=O)NC(=O)N(Cc3ccccc3)C2=O)c(=O)oc2c3c4c(cc12)CCCN4CCC3. The molecule has 0 saturated carbocycles. The van der Waals surface area contributed by atoms with Crippen LogP contribution in [0.5, 0.6) is 0 Å². The van der Waals surface area contributed by atoms with Gasteiger partial charge in [0.25, 0.3) is 11.8 Å². The van der Waals surface area contributed by atoms with Gasteiger partial charge in [0, 0.05) is 29.7 Å². The highest BCUT2D eigenvalue weighted by atomic mass is 16.4. The number of carbonyl (C=O) groups excluding carboxylic acids is 3. The summed E-state index contributed by atoms with van der Waals surface area (Å²) in [6, 6.07) is 10.3. The minimum absolute atomic E-state index is 0.00737. The van der Waals surface area contributed by atoms with Gasteiger partial charge < -0.3 is 9.32 Å². The predicted octanol–water partition coefficient (Wildman–Crippen LogP) is 3.46. The molecular formula is C28H25N3O5. The molecule has 3 aromatic rings. The number of nitrogens with zero attached hydrogens (tertiary/aromatic N) is 2. The first-order chi connectivity index (χ1) is 17.4. The van der Waals surface area contributed by atoms with Crippen LogP contribution < -0.4 is 15.8 Å². The Bertz CT molecular complexity index is 1530. The minimum atomic E-state index is -0.829. The number of hydrogen-bond donors (Lipinski definition) is 1. The van der Waals surface area contributed by atoms with Gasteiger partial charge in [-0.15, -0.1) is 0 Å². The fraction of sp³-hybridized carbons (Fsp3) is 0.286. The molecule has 0 atom stereocenters. The zero-order chi connectivity index (χ0) is 25.0. The molecule has 0 radical (unpaired) electrons. The number of benzene rings is 2. The number of imide groups is 2. The number of aryl methyl sites for hydroxylation is 3. The highest BCUT2D eigenvalue weighted by molar-refractivity contribution is 6.31. The second-order valence-corrected chi connectivity index (χ2v) is 9.56. The molecule has 1 saturated heterocycles. The standard InChI is InChI=1S/C28H25N3O5/c1-16-20-13-18-9-5-11-30-12-6-10-19(23(18)30)24(20)36-27(34)21(16)14-22-25(32)29-28(35)31(26(22)33)15-17-7-3-2-4-8-17/h2-4,7-8,13-14H,5-6,9-12,15H2,1H3,(H,29,32,35). The van der Waals surface area contributed by atoms with Crippen molar-refractivity contribution in [2.24, 2.45) is 0 Å². The van der Waals surface area contributed by atoms with Gasteiger partial charge in [-0.2, -0.15) is 0 Å². The maximum Gasteiger partial charge on any atom is 0.343 e. The van der Waals surface area contributed by atoms with Gasteiger partial charge in [-0.3, -0.25) is 19.8 Å². The Kier molecular flexibility index (Phi) is 5.25. The molecule has 8 nitrogen and oxygen atoms in total. The molecule has 4 amide bonds. The summed E-state index contributed by atoms with van der Waals surface area (Å²) < 4.78 is 5.85. The molecule has 0 aliphatic carbocycles. The number of rotatable bonds is 3. The second-order valence-electron chi connectivity index (χ2n) is 9.56. The van der Waals surface area contributed by atoms with Gasteiger partial charge in [-0.25, -0.2) is 9.59 Å². The van der Waals surface area contributed by atoms with Crippen LogP contribution in [-0.4, -0.2) is 35.8 Å². The summed E-state index contributed by atoms with van der Waals surface area (Å²) in [5.41, 5.74) is 4.76. The van der Waals surface area contributed by atoms with Crippen molar-refractivity contribution in [2.75, 3.05) is 18.0 Å². The van der Waals surface area contributed by atoms with Crippen LogP contribution in [0.3, 0.4) is 0 Å². The van der Waals surface area contributed by atoms with Gasteiger partial charge in [-0.1, -0.05) is 30.3 Å². The summed E-state index contributed by atoms with van der Waals surface area (Å²) in [7, 11) is 0. The molecule has 4 heterocycles. The Balaban J connectivity index is 1.45. The number of barbiturate groups is 1. The molecule has 2 aromatic carbocycles. The van der Waals surface area contributed by atoms with E-state index < -0.39 is 23.5 Å². The summed E-state index contributed by atoms with van der Waals surface area (Å²) in [4.78, 5) is 54.8. The van der Waals surface area contributed by atoms with E-state index in [-0.39, 0.29) is 17.7 Å². The average molecular weight is 484 g/mol. The van der Waals surface area contributed by atoms with Crippen LogP contribution >= 0.6 is 0 Å². The monoisotopic (exact) mass is 483 g/mol. The Hall–Kier alpha value is -4.20. The van der Waals surface area contributed by atoms with Crippen LogP contribution in [0.2, 0.25) is 0 Å². The van der Waals surface area contributed by atoms with E-state index in [1.54, 1.807) is 24.3 Å². The lowest BCUT2D eigenvalue weighted by atomic mass is 9.88. The van der Waals surface area contributed by atoms with Crippen LogP contribution in [-0.2, 0) is 29.0 Å². The zero-order valence-corrected chi connectivity index (χ0v) is 19.9. The molecule has 182 valence electrons. The lowest BCUT2D eigenvalue weighted by Gasteiger charge is -2.37. The van der Waals surface area contributed by atoms with E-state index in [2.05, 4.69) is 16.3 Å². The number of carbonyl (C=O) groups is 3. The molecule has 1 fully saturated rings. The van der Waals surface area contributed by atoms with E-state index in [1.165, 1.54) is 17.3 Å². The van der Waals surface area contributed by atoms with Crippen LogP contribution in [0.25, 0.3) is 17.0 Å². The third kappa shape index (κ3) is 3.52. The molecule has 3 aliphatic heterocycles. The average Bonchev–Trinajstić information content (AvgIpc) is 2.88. The fourth-order valence-electron chi connectivity index (χ4n) is 5.59. The number of hydrogen-bond acceptors (Lipinski definition) is 6. The highest BCUT2D eigenvalue weighted by Crippen LogP contribution is 2.40. The van der Waals surface area contributed by atoms with Crippen molar-refractivity contribution in [3.63, 3.8) is 0 Å². The van der Waals surface area contributed by atoms with Crippen LogP contribution in [0.15, 0.2) is 51.2 Å². The van der Waals surface area contributed by atoms with Gasteiger partial charge in [0.1, 0.15) is 11.2 Å². The number of fused-ring (bicyclic) bond motifs is 2. The van der Waals surface area contributed by atoms with Crippen LogP contribution in [0.1, 0.15) is 40.7 Å². The first-order valence-electron chi connectivity index (χ1n) is 12.2. The van der Waals surface area contributed by atoms with Gasteiger partial charge in [0.15, 0.2) is 0 Å². The maximum absolute atomic E-state index is 13.2. The van der Waals surface area contributed by atoms with Crippen LogP contribution in [0.4, 0.5) is 10.5 Å². The zero-order valence-electron chi connectivity index (χ0n) is 19.9. The predicted molar refractivity (Wildman–Crippen MR) is 135 cm³/mol. The van der Waals surface area contributed by atoms with Crippen molar-refractivity contribution in [2.45, 2.75) is 39.2 Å². The molecule has 0 unspecified atom stereocenters. The van der Waals surface area contributed by atoms with Gasteiger partial charge >= 0.3 is 11.7 Å². The van der Waals surface area contributed by atoms with Crippen molar-refractivity contribution in [1.29, 1.82) is 0 Å². The summed E-state index contributed by atoms with van der Waals surface area (Å²) in [6.45, 7) is 3.84. The molecule has 8 heteroatoms. The van der Waals surface area contributed by atoms with Gasteiger partial charge in [-0.05, 0) is 61.4 Å². The first-order valence-corrected chi connectivity index (χ1v) is 12.2. The summed E-state index contributed by atoms with van der Waals surface area (Å²) in [6.07, 6.45) is 5.14. The number of nitrogens with one attached hydrogen (secondary N) is 1.